The number of pyridine rings is 1. The fraction of sp³-hybridized carbons (Fsp3) is 0.259. The number of hydrogen-bond acceptors (Lipinski definition) is 4. The van der Waals surface area contributed by atoms with Crippen LogP contribution < -0.4 is 0 Å². The molecule has 0 aliphatic heterocycles. The van der Waals surface area contributed by atoms with Gasteiger partial charge in [-0.15, -0.1) is 0 Å². The van der Waals surface area contributed by atoms with Crippen molar-refractivity contribution in [2.24, 2.45) is 0 Å². The van der Waals surface area contributed by atoms with Crippen molar-refractivity contribution in [2.75, 3.05) is 0 Å². The summed E-state index contributed by atoms with van der Waals surface area (Å²) in [6.45, 7) is 2.71. The smallest absolute Gasteiger partial charge is 0.336 e. The third kappa shape index (κ3) is 5.71. The second-order valence-electron chi connectivity index (χ2n) is 8.08. The molecule has 0 unspecified atom stereocenters. The third-order valence-electron chi connectivity index (χ3n) is 5.63. The maximum Gasteiger partial charge on any atom is 0.336 e. The first-order valence-corrected chi connectivity index (χ1v) is 11.4. The fourth-order valence-corrected chi connectivity index (χ4v) is 3.83. The Labute approximate surface area is 194 Å². The lowest BCUT2D eigenvalue weighted by atomic mass is 10.0. The molecule has 0 saturated carbocycles. The molecule has 0 aliphatic rings. The number of carbonyl (C=O) groups is 1. The van der Waals surface area contributed by atoms with E-state index in [-0.39, 0.29) is 5.56 Å². The molecule has 0 fully saturated rings. The minimum absolute atomic E-state index is 0.272. The summed E-state index contributed by atoms with van der Waals surface area (Å²) in [7, 11) is 0. The van der Waals surface area contributed by atoms with Crippen LogP contribution in [0.4, 0.5) is 0 Å². The van der Waals surface area contributed by atoms with Crippen molar-refractivity contribution in [3.63, 3.8) is 0 Å². The largest absolute Gasteiger partial charge is 0.478 e. The molecule has 0 bridgehead atoms. The molecule has 33 heavy (non-hydrogen) atoms. The van der Waals surface area contributed by atoms with Gasteiger partial charge in [-0.1, -0.05) is 67.9 Å². The monoisotopic (exact) mass is 440 g/mol. The van der Waals surface area contributed by atoms with Crippen LogP contribution >= 0.6 is 0 Å². The van der Waals surface area contributed by atoms with Crippen LogP contribution in [0.15, 0.2) is 72.9 Å². The number of unbranched alkanes of at least 4 members (excludes halogenated alkanes) is 1. The molecule has 6 heteroatoms. The minimum Gasteiger partial charge on any atom is -0.478 e. The van der Waals surface area contributed by atoms with Crippen molar-refractivity contribution < 1.29 is 9.90 Å². The normalized spacial score (nSPS) is 10.9. The number of benzene rings is 2. The molecule has 6 nitrogen and oxygen atoms in total. The van der Waals surface area contributed by atoms with Crippen LogP contribution in [0.3, 0.4) is 0 Å². The second kappa shape index (κ2) is 10.7. The molecule has 0 aliphatic carbocycles. The standard InChI is InChI=1S/C27H28N4O2/c1-2-3-13-26-29-25(17-14-20-9-5-4-6-10-20)30-31(26)19-22-16-15-21(18-28-22)23-11-7-8-12-24(23)27(32)33/h4-12,15-16,18H,2-3,13-14,17,19H2,1H3,(H,32,33). The highest BCUT2D eigenvalue weighted by atomic mass is 16.4. The van der Waals surface area contributed by atoms with Gasteiger partial charge in [-0.2, -0.15) is 5.10 Å². The van der Waals surface area contributed by atoms with E-state index in [1.807, 2.05) is 28.9 Å². The molecule has 0 atom stereocenters. The SMILES string of the molecule is CCCCc1nc(CCc2ccccc2)nn1Cc1ccc(-c2ccccc2C(=O)O)cn1. The summed E-state index contributed by atoms with van der Waals surface area (Å²) in [6.07, 6.45) is 6.49. The van der Waals surface area contributed by atoms with Crippen LogP contribution in [0.2, 0.25) is 0 Å². The lowest BCUT2D eigenvalue weighted by Crippen LogP contribution is -2.08. The average Bonchev–Trinajstić information content (AvgIpc) is 3.24. The van der Waals surface area contributed by atoms with Gasteiger partial charge in [-0.05, 0) is 36.1 Å². The molecule has 0 spiro atoms. The van der Waals surface area contributed by atoms with E-state index < -0.39 is 5.97 Å². The van der Waals surface area contributed by atoms with Crippen LogP contribution in [-0.4, -0.2) is 30.8 Å². The molecule has 168 valence electrons. The molecule has 0 saturated heterocycles. The first-order valence-electron chi connectivity index (χ1n) is 11.4. The molecule has 2 aromatic carbocycles. The maximum atomic E-state index is 11.5. The molecule has 1 N–H and O–H groups in total. The van der Waals surface area contributed by atoms with Gasteiger partial charge in [0.05, 0.1) is 17.8 Å². The molecule has 2 heterocycles. The Hall–Kier alpha value is -3.80. The zero-order chi connectivity index (χ0) is 23.0. The summed E-state index contributed by atoms with van der Waals surface area (Å²) in [5.74, 6) is 0.903. The van der Waals surface area contributed by atoms with Gasteiger partial charge >= 0.3 is 5.97 Å². The van der Waals surface area contributed by atoms with E-state index in [9.17, 15) is 9.90 Å². The number of hydrogen-bond donors (Lipinski definition) is 1. The Kier molecular flexibility index (Phi) is 7.25. The van der Waals surface area contributed by atoms with Crippen LogP contribution in [0.1, 0.15) is 53.0 Å². The Morgan fingerprint density at radius 2 is 1.73 bits per heavy atom. The number of aromatic carboxylic acids is 1. The molecule has 4 aromatic rings. The van der Waals surface area contributed by atoms with E-state index >= 15 is 0 Å². The van der Waals surface area contributed by atoms with Crippen molar-refractivity contribution in [1.82, 2.24) is 19.7 Å². The maximum absolute atomic E-state index is 11.5. The second-order valence-corrected chi connectivity index (χ2v) is 8.08. The number of nitrogens with zero attached hydrogens (tertiary/aromatic N) is 4. The summed E-state index contributed by atoms with van der Waals surface area (Å²) >= 11 is 0. The average molecular weight is 441 g/mol. The summed E-state index contributed by atoms with van der Waals surface area (Å²) in [6, 6.07) is 21.2. The minimum atomic E-state index is -0.944. The van der Waals surface area contributed by atoms with Gasteiger partial charge in [0.25, 0.3) is 0 Å². The van der Waals surface area contributed by atoms with Crippen LogP contribution in [0.25, 0.3) is 11.1 Å². The predicted octanol–water partition coefficient (Wildman–Crippen LogP) is 5.21. The number of carboxylic acid groups (broad SMARTS) is 1. The molecule has 2 aromatic heterocycles. The van der Waals surface area contributed by atoms with Gasteiger partial charge in [-0.3, -0.25) is 4.98 Å². The van der Waals surface area contributed by atoms with E-state index in [4.69, 9.17) is 10.1 Å². The number of rotatable bonds is 10. The van der Waals surface area contributed by atoms with Crippen molar-refractivity contribution in [2.45, 2.75) is 45.6 Å². The highest BCUT2D eigenvalue weighted by Crippen LogP contribution is 2.23. The topological polar surface area (TPSA) is 80.9 Å². The highest BCUT2D eigenvalue weighted by molar-refractivity contribution is 5.95. The summed E-state index contributed by atoms with van der Waals surface area (Å²) in [5, 5.41) is 14.2. The molecular formula is C27H28N4O2. The number of aryl methyl sites for hydroxylation is 3. The van der Waals surface area contributed by atoms with Gasteiger partial charge in [0.1, 0.15) is 5.82 Å². The van der Waals surface area contributed by atoms with Crippen LogP contribution in [0, 0.1) is 0 Å². The number of carboxylic acids is 1. The van der Waals surface area contributed by atoms with Crippen LogP contribution in [-0.2, 0) is 25.8 Å². The molecular weight excluding hydrogens is 412 g/mol. The summed E-state index contributed by atoms with van der Waals surface area (Å²) in [5.41, 5.74) is 3.86. The Morgan fingerprint density at radius 1 is 0.939 bits per heavy atom. The van der Waals surface area contributed by atoms with Gasteiger partial charge in [0, 0.05) is 24.6 Å². The van der Waals surface area contributed by atoms with Crippen LogP contribution in [0.5, 0.6) is 0 Å². The van der Waals surface area contributed by atoms with E-state index in [0.717, 1.165) is 55.0 Å². The van der Waals surface area contributed by atoms with E-state index in [0.29, 0.717) is 12.1 Å². The van der Waals surface area contributed by atoms with E-state index in [1.54, 1.807) is 24.4 Å². The first kappa shape index (κ1) is 22.4. The quantitative estimate of drug-likeness (QED) is 0.366. The lowest BCUT2D eigenvalue weighted by molar-refractivity contribution is 0.0697. The van der Waals surface area contributed by atoms with Gasteiger partial charge in [0.2, 0.25) is 0 Å². The summed E-state index contributed by atoms with van der Waals surface area (Å²) < 4.78 is 1.96. The predicted molar refractivity (Wildman–Crippen MR) is 128 cm³/mol. The van der Waals surface area contributed by atoms with Crippen molar-refractivity contribution >= 4 is 5.97 Å². The van der Waals surface area contributed by atoms with E-state index in [1.165, 1.54) is 5.56 Å². The molecule has 0 radical (unpaired) electrons. The Bertz CT molecular complexity index is 1200. The zero-order valence-electron chi connectivity index (χ0n) is 18.8. The first-order chi connectivity index (χ1) is 16.1. The van der Waals surface area contributed by atoms with Crippen molar-refractivity contribution in [3.8, 4) is 11.1 Å². The zero-order valence-corrected chi connectivity index (χ0v) is 18.8. The third-order valence-corrected chi connectivity index (χ3v) is 5.63. The van der Waals surface area contributed by atoms with Crippen molar-refractivity contribution in [1.29, 1.82) is 0 Å². The fourth-order valence-electron chi connectivity index (χ4n) is 3.83. The molecule has 0 amide bonds. The van der Waals surface area contributed by atoms with Gasteiger partial charge in [-0.25, -0.2) is 14.5 Å². The molecule has 4 rings (SSSR count). The van der Waals surface area contributed by atoms with Gasteiger partial charge in [0.15, 0.2) is 5.82 Å². The Balaban J connectivity index is 1.51. The highest BCUT2D eigenvalue weighted by Gasteiger charge is 2.13. The Morgan fingerprint density at radius 3 is 2.45 bits per heavy atom. The lowest BCUT2D eigenvalue weighted by Gasteiger charge is -2.08. The number of aromatic nitrogens is 4. The summed E-state index contributed by atoms with van der Waals surface area (Å²) in [4.78, 5) is 20.9. The van der Waals surface area contributed by atoms with E-state index in [2.05, 4.69) is 36.2 Å². The van der Waals surface area contributed by atoms with Gasteiger partial charge < -0.3 is 5.11 Å². The van der Waals surface area contributed by atoms with Crippen molar-refractivity contribution in [3.05, 3.63) is 101 Å².